The Bertz CT molecular complexity index is 408. The van der Waals surface area contributed by atoms with Crippen LogP contribution >= 0.6 is 0 Å². The molecule has 1 heterocycles. The van der Waals surface area contributed by atoms with Gasteiger partial charge in [-0.25, -0.2) is 0 Å². The van der Waals surface area contributed by atoms with Gasteiger partial charge >= 0.3 is 0 Å². The first-order valence-electron chi connectivity index (χ1n) is 6.92. The molecule has 18 heavy (non-hydrogen) atoms. The van der Waals surface area contributed by atoms with Crippen LogP contribution in [0, 0.1) is 5.41 Å². The second-order valence-corrected chi connectivity index (χ2v) is 6.66. The van der Waals surface area contributed by atoms with Crippen molar-refractivity contribution in [1.82, 2.24) is 0 Å². The van der Waals surface area contributed by atoms with Gasteiger partial charge in [-0.3, -0.25) is 0 Å². The van der Waals surface area contributed by atoms with Crippen molar-refractivity contribution in [3.8, 4) is 5.75 Å². The fraction of sp³-hybridized carbons (Fsp3) is 0.625. The second-order valence-electron chi connectivity index (χ2n) is 6.66. The van der Waals surface area contributed by atoms with Gasteiger partial charge < -0.3 is 10.5 Å². The Morgan fingerprint density at radius 2 is 2.00 bits per heavy atom. The maximum absolute atomic E-state index is 6.62. The molecule has 1 unspecified atom stereocenters. The second kappa shape index (κ2) is 4.93. The molecule has 2 nitrogen and oxygen atoms in total. The molecule has 0 aromatic heterocycles. The highest BCUT2D eigenvalue weighted by molar-refractivity contribution is 5.40. The van der Waals surface area contributed by atoms with E-state index in [1.165, 1.54) is 18.4 Å². The Hall–Kier alpha value is -1.02. The monoisotopic (exact) mass is 247 g/mol. The number of rotatable bonds is 3. The zero-order valence-electron chi connectivity index (χ0n) is 11.8. The normalized spacial score (nSPS) is 23.3. The lowest BCUT2D eigenvalue weighted by Crippen LogP contribution is -2.41. The van der Waals surface area contributed by atoms with Gasteiger partial charge in [0.05, 0.1) is 6.61 Å². The minimum Gasteiger partial charge on any atom is -0.493 e. The molecule has 1 aromatic carbocycles. The smallest absolute Gasteiger partial charge is 0.124 e. The summed E-state index contributed by atoms with van der Waals surface area (Å²) in [5.74, 6) is 0.974. The van der Waals surface area contributed by atoms with Gasteiger partial charge in [-0.1, -0.05) is 45.4 Å². The number of nitrogens with two attached hydrogens (primary N) is 1. The Balaban J connectivity index is 2.08. The molecule has 0 saturated heterocycles. The molecule has 0 amide bonds. The standard InChI is InChI=1S/C16H25NO/c1-15(2,3)9-6-10-16(17)11-12-18-14-8-5-4-7-13(14)16/h4-5,7-8H,6,9-12,17H2,1-3H3. The molecular weight excluding hydrogens is 222 g/mol. The van der Waals surface area contributed by atoms with Crippen molar-refractivity contribution < 1.29 is 4.74 Å². The highest BCUT2D eigenvalue weighted by atomic mass is 16.5. The van der Waals surface area contributed by atoms with Crippen LogP contribution in [0.15, 0.2) is 24.3 Å². The lowest BCUT2D eigenvalue weighted by Gasteiger charge is -2.36. The molecule has 2 heteroatoms. The molecule has 1 aliphatic rings. The lowest BCUT2D eigenvalue weighted by atomic mass is 9.79. The maximum Gasteiger partial charge on any atom is 0.124 e. The molecule has 1 aliphatic heterocycles. The number of para-hydroxylation sites is 1. The Morgan fingerprint density at radius 3 is 2.72 bits per heavy atom. The molecule has 2 rings (SSSR count). The van der Waals surface area contributed by atoms with Crippen molar-refractivity contribution >= 4 is 0 Å². The third-order valence-corrected chi connectivity index (χ3v) is 3.78. The van der Waals surface area contributed by atoms with Crippen molar-refractivity contribution in [2.75, 3.05) is 6.61 Å². The number of fused-ring (bicyclic) bond motifs is 1. The van der Waals surface area contributed by atoms with E-state index in [4.69, 9.17) is 10.5 Å². The highest BCUT2D eigenvalue weighted by Crippen LogP contribution is 2.39. The average Bonchev–Trinajstić information content (AvgIpc) is 2.28. The summed E-state index contributed by atoms with van der Waals surface area (Å²) >= 11 is 0. The summed E-state index contributed by atoms with van der Waals surface area (Å²) in [6.07, 6.45) is 4.36. The Morgan fingerprint density at radius 1 is 1.28 bits per heavy atom. The zero-order chi connectivity index (χ0) is 13.2. The maximum atomic E-state index is 6.62. The molecule has 100 valence electrons. The van der Waals surface area contributed by atoms with Crippen LogP contribution in [0.4, 0.5) is 0 Å². The number of benzene rings is 1. The minimum atomic E-state index is -0.194. The van der Waals surface area contributed by atoms with Gasteiger partial charge in [0, 0.05) is 17.5 Å². The van der Waals surface area contributed by atoms with Gasteiger partial charge in [-0.2, -0.15) is 0 Å². The largest absolute Gasteiger partial charge is 0.493 e. The van der Waals surface area contributed by atoms with E-state index >= 15 is 0 Å². The van der Waals surface area contributed by atoms with Crippen LogP contribution in [0.3, 0.4) is 0 Å². The van der Waals surface area contributed by atoms with Gasteiger partial charge in [0.15, 0.2) is 0 Å². The van der Waals surface area contributed by atoms with E-state index in [9.17, 15) is 0 Å². The third kappa shape index (κ3) is 3.05. The molecular formula is C16H25NO. The van der Waals surface area contributed by atoms with Gasteiger partial charge in [-0.05, 0) is 24.3 Å². The summed E-state index contributed by atoms with van der Waals surface area (Å²) in [5, 5.41) is 0. The average molecular weight is 247 g/mol. The first kappa shape index (κ1) is 13.4. The number of hydrogen-bond acceptors (Lipinski definition) is 2. The van der Waals surface area contributed by atoms with E-state index < -0.39 is 0 Å². The third-order valence-electron chi connectivity index (χ3n) is 3.78. The van der Waals surface area contributed by atoms with Crippen LogP contribution in [-0.2, 0) is 5.54 Å². The van der Waals surface area contributed by atoms with Crippen LogP contribution in [-0.4, -0.2) is 6.61 Å². The van der Waals surface area contributed by atoms with E-state index in [-0.39, 0.29) is 5.54 Å². The summed E-state index contributed by atoms with van der Waals surface area (Å²) in [4.78, 5) is 0. The topological polar surface area (TPSA) is 35.2 Å². The summed E-state index contributed by atoms with van der Waals surface area (Å²) in [6, 6.07) is 8.21. The van der Waals surface area contributed by atoms with Crippen molar-refractivity contribution in [3.05, 3.63) is 29.8 Å². The number of hydrogen-bond donors (Lipinski definition) is 1. The van der Waals surface area contributed by atoms with Crippen molar-refractivity contribution in [2.24, 2.45) is 11.1 Å². The van der Waals surface area contributed by atoms with Crippen molar-refractivity contribution in [3.63, 3.8) is 0 Å². The fourth-order valence-electron chi connectivity index (χ4n) is 2.68. The summed E-state index contributed by atoms with van der Waals surface area (Å²) in [5.41, 5.74) is 8.00. The molecule has 0 spiro atoms. The van der Waals surface area contributed by atoms with E-state index in [2.05, 4.69) is 32.9 Å². The minimum absolute atomic E-state index is 0.194. The molecule has 0 aliphatic carbocycles. The van der Waals surface area contributed by atoms with Crippen LogP contribution < -0.4 is 10.5 Å². The van der Waals surface area contributed by atoms with E-state index in [1.54, 1.807) is 0 Å². The van der Waals surface area contributed by atoms with Crippen molar-refractivity contribution in [1.29, 1.82) is 0 Å². The quantitative estimate of drug-likeness (QED) is 0.880. The first-order valence-corrected chi connectivity index (χ1v) is 6.92. The van der Waals surface area contributed by atoms with Crippen LogP contribution in [0.2, 0.25) is 0 Å². The summed E-state index contributed by atoms with van der Waals surface area (Å²) in [6.45, 7) is 7.60. The lowest BCUT2D eigenvalue weighted by molar-refractivity contribution is 0.200. The predicted molar refractivity (Wildman–Crippen MR) is 75.7 cm³/mol. The van der Waals surface area contributed by atoms with Crippen molar-refractivity contribution in [2.45, 2.75) is 52.0 Å². The van der Waals surface area contributed by atoms with Gasteiger partial charge in [0.1, 0.15) is 5.75 Å². The summed E-state index contributed by atoms with van der Waals surface area (Å²) in [7, 11) is 0. The molecule has 0 radical (unpaired) electrons. The molecule has 1 atom stereocenters. The van der Waals surface area contributed by atoms with Crippen LogP contribution in [0.25, 0.3) is 0 Å². The SMILES string of the molecule is CC(C)(C)CCCC1(N)CCOc2ccccc21. The molecule has 1 aromatic rings. The molecule has 2 N–H and O–H groups in total. The molecule has 0 fully saturated rings. The van der Waals surface area contributed by atoms with Gasteiger partial charge in [0.2, 0.25) is 0 Å². The Kier molecular flexibility index (Phi) is 3.67. The molecule has 0 saturated carbocycles. The van der Waals surface area contributed by atoms with E-state index in [0.29, 0.717) is 5.41 Å². The predicted octanol–water partition coefficient (Wildman–Crippen LogP) is 3.84. The van der Waals surface area contributed by atoms with Crippen LogP contribution in [0.1, 0.15) is 52.0 Å². The Labute approximate surface area is 111 Å². The summed E-state index contributed by atoms with van der Waals surface area (Å²) < 4.78 is 5.69. The van der Waals surface area contributed by atoms with Crippen LogP contribution in [0.5, 0.6) is 5.75 Å². The number of ether oxygens (including phenoxy) is 1. The first-order chi connectivity index (χ1) is 8.41. The van der Waals surface area contributed by atoms with E-state index in [0.717, 1.165) is 25.2 Å². The fourth-order valence-corrected chi connectivity index (χ4v) is 2.68. The molecule has 0 bridgehead atoms. The zero-order valence-corrected chi connectivity index (χ0v) is 11.8. The van der Waals surface area contributed by atoms with Gasteiger partial charge in [0.25, 0.3) is 0 Å². The van der Waals surface area contributed by atoms with Gasteiger partial charge in [-0.15, -0.1) is 0 Å². The highest BCUT2D eigenvalue weighted by Gasteiger charge is 2.33. The van der Waals surface area contributed by atoms with E-state index in [1.807, 2.05) is 12.1 Å².